The Balaban J connectivity index is 1.55. The second kappa shape index (κ2) is 9.66. The van der Waals surface area contributed by atoms with E-state index >= 15 is 0 Å². The highest BCUT2D eigenvalue weighted by Crippen LogP contribution is 2.37. The first-order chi connectivity index (χ1) is 10.3. The van der Waals surface area contributed by atoms with E-state index in [4.69, 9.17) is 0 Å². The van der Waals surface area contributed by atoms with Gasteiger partial charge in [-0.05, 0) is 56.3 Å². The maximum atomic E-state index is 9.21. The Morgan fingerprint density at radius 3 is 1.57 bits per heavy atom. The van der Waals surface area contributed by atoms with Crippen molar-refractivity contribution in [3.63, 3.8) is 0 Å². The number of aliphatic hydroxyl groups is 1. The highest BCUT2D eigenvalue weighted by atomic mass is 16.3. The summed E-state index contributed by atoms with van der Waals surface area (Å²) in [7, 11) is 0. The van der Waals surface area contributed by atoms with Gasteiger partial charge in [0.25, 0.3) is 0 Å². The maximum Gasteiger partial charge on any atom is 0.0459 e. The fourth-order valence-electron chi connectivity index (χ4n) is 4.48. The molecule has 2 aliphatic carbocycles. The zero-order valence-corrected chi connectivity index (χ0v) is 14.1. The van der Waals surface area contributed by atoms with Crippen molar-refractivity contribution in [2.45, 2.75) is 84.0 Å². The molecule has 0 aliphatic heterocycles. The van der Waals surface area contributed by atoms with Crippen LogP contribution >= 0.6 is 0 Å². The molecule has 0 aromatic carbocycles. The molecular formula is C20H36O. The number of hydrogen-bond acceptors (Lipinski definition) is 1. The zero-order chi connectivity index (χ0) is 14.9. The SMILES string of the molecule is C/C=C/CC[C@H]1CC[C@H](CCC2CCC(CO)CC2)CC1. The minimum atomic E-state index is 0.421. The summed E-state index contributed by atoms with van der Waals surface area (Å²) in [4.78, 5) is 0. The molecule has 2 fully saturated rings. The van der Waals surface area contributed by atoms with Crippen LogP contribution in [-0.2, 0) is 0 Å². The van der Waals surface area contributed by atoms with E-state index in [0.29, 0.717) is 12.5 Å². The van der Waals surface area contributed by atoms with E-state index in [1.54, 1.807) is 0 Å². The Kier molecular flexibility index (Phi) is 7.85. The van der Waals surface area contributed by atoms with Gasteiger partial charge in [-0.25, -0.2) is 0 Å². The molecule has 0 spiro atoms. The van der Waals surface area contributed by atoms with Gasteiger partial charge in [0.15, 0.2) is 0 Å². The third-order valence-electron chi connectivity index (χ3n) is 6.15. The fourth-order valence-corrected chi connectivity index (χ4v) is 4.48. The largest absolute Gasteiger partial charge is 0.396 e. The van der Waals surface area contributed by atoms with Crippen LogP contribution in [0.2, 0.25) is 0 Å². The summed E-state index contributed by atoms with van der Waals surface area (Å²) in [5, 5.41) is 9.21. The minimum absolute atomic E-state index is 0.421. The summed E-state index contributed by atoms with van der Waals surface area (Å²) in [5.41, 5.74) is 0. The van der Waals surface area contributed by atoms with Crippen LogP contribution in [0.5, 0.6) is 0 Å². The highest BCUT2D eigenvalue weighted by Gasteiger charge is 2.24. The van der Waals surface area contributed by atoms with Crippen LogP contribution in [0.25, 0.3) is 0 Å². The lowest BCUT2D eigenvalue weighted by molar-refractivity contribution is 0.157. The van der Waals surface area contributed by atoms with E-state index in [-0.39, 0.29) is 0 Å². The summed E-state index contributed by atoms with van der Waals surface area (Å²) in [6.45, 7) is 2.55. The summed E-state index contributed by atoms with van der Waals surface area (Å²) in [6.07, 6.45) is 21.4. The van der Waals surface area contributed by atoms with Crippen LogP contribution in [0.3, 0.4) is 0 Å². The van der Waals surface area contributed by atoms with Crippen molar-refractivity contribution < 1.29 is 5.11 Å². The van der Waals surface area contributed by atoms with Crippen molar-refractivity contribution in [1.82, 2.24) is 0 Å². The molecule has 1 nitrogen and oxygen atoms in total. The number of allylic oxidation sites excluding steroid dienone is 2. The lowest BCUT2D eigenvalue weighted by atomic mass is 9.75. The van der Waals surface area contributed by atoms with E-state index < -0.39 is 0 Å². The smallest absolute Gasteiger partial charge is 0.0459 e. The second-order valence-corrected chi connectivity index (χ2v) is 7.68. The molecular weight excluding hydrogens is 256 g/mol. The molecule has 2 rings (SSSR count). The van der Waals surface area contributed by atoms with Gasteiger partial charge in [-0.2, -0.15) is 0 Å². The summed E-state index contributed by atoms with van der Waals surface area (Å²) in [5.74, 6) is 3.63. The molecule has 0 heterocycles. The first-order valence-corrected chi connectivity index (χ1v) is 9.53. The van der Waals surface area contributed by atoms with Gasteiger partial charge in [0.2, 0.25) is 0 Å². The van der Waals surface area contributed by atoms with Crippen molar-refractivity contribution in [3.8, 4) is 0 Å². The van der Waals surface area contributed by atoms with E-state index in [9.17, 15) is 5.11 Å². The molecule has 1 N–H and O–H groups in total. The van der Waals surface area contributed by atoms with Gasteiger partial charge < -0.3 is 5.11 Å². The van der Waals surface area contributed by atoms with Gasteiger partial charge in [-0.1, -0.05) is 63.5 Å². The van der Waals surface area contributed by atoms with Gasteiger partial charge in [0.05, 0.1) is 0 Å². The predicted octanol–water partition coefficient (Wildman–Crippen LogP) is 5.73. The molecule has 0 amide bonds. The van der Waals surface area contributed by atoms with Crippen LogP contribution in [0.4, 0.5) is 0 Å². The van der Waals surface area contributed by atoms with E-state index in [0.717, 1.165) is 17.8 Å². The molecule has 0 radical (unpaired) electrons. The Hall–Kier alpha value is -0.300. The Bertz CT molecular complexity index is 280. The molecule has 2 saturated carbocycles. The Morgan fingerprint density at radius 1 is 0.714 bits per heavy atom. The normalized spacial score (nSPS) is 34.4. The molecule has 1 heteroatoms. The molecule has 0 bridgehead atoms. The van der Waals surface area contributed by atoms with Crippen LogP contribution in [-0.4, -0.2) is 11.7 Å². The summed E-state index contributed by atoms with van der Waals surface area (Å²) in [6, 6.07) is 0. The van der Waals surface area contributed by atoms with Gasteiger partial charge in [0.1, 0.15) is 0 Å². The number of hydrogen-bond donors (Lipinski definition) is 1. The number of aliphatic hydroxyl groups excluding tert-OH is 1. The van der Waals surface area contributed by atoms with Crippen LogP contribution in [0.1, 0.15) is 84.0 Å². The van der Waals surface area contributed by atoms with E-state index in [2.05, 4.69) is 19.1 Å². The Labute approximate surface area is 132 Å². The molecule has 21 heavy (non-hydrogen) atoms. The van der Waals surface area contributed by atoms with Gasteiger partial charge in [0, 0.05) is 6.61 Å². The average molecular weight is 293 g/mol. The number of rotatable bonds is 7. The van der Waals surface area contributed by atoms with Gasteiger partial charge in [-0.3, -0.25) is 0 Å². The van der Waals surface area contributed by atoms with Crippen molar-refractivity contribution in [1.29, 1.82) is 0 Å². The third-order valence-corrected chi connectivity index (χ3v) is 6.15. The van der Waals surface area contributed by atoms with Gasteiger partial charge in [-0.15, -0.1) is 0 Å². The second-order valence-electron chi connectivity index (χ2n) is 7.68. The van der Waals surface area contributed by atoms with Crippen molar-refractivity contribution in [2.24, 2.45) is 23.7 Å². The molecule has 0 aromatic rings. The molecule has 0 aromatic heterocycles. The third kappa shape index (κ3) is 6.14. The first-order valence-electron chi connectivity index (χ1n) is 9.53. The van der Waals surface area contributed by atoms with Crippen molar-refractivity contribution >= 4 is 0 Å². The topological polar surface area (TPSA) is 20.2 Å². The predicted molar refractivity (Wildman–Crippen MR) is 91.3 cm³/mol. The first kappa shape index (κ1) is 17.1. The minimum Gasteiger partial charge on any atom is -0.396 e. The molecule has 0 unspecified atom stereocenters. The molecule has 122 valence electrons. The lowest BCUT2D eigenvalue weighted by Gasteiger charge is -2.31. The molecule has 0 atom stereocenters. The molecule has 0 saturated heterocycles. The van der Waals surface area contributed by atoms with Crippen LogP contribution in [0.15, 0.2) is 12.2 Å². The van der Waals surface area contributed by atoms with Crippen molar-refractivity contribution in [3.05, 3.63) is 12.2 Å². The Morgan fingerprint density at radius 2 is 1.14 bits per heavy atom. The van der Waals surface area contributed by atoms with Crippen molar-refractivity contribution in [2.75, 3.05) is 6.61 Å². The average Bonchev–Trinajstić information content (AvgIpc) is 2.55. The standard InChI is InChI=1S/C20H36O/c1-2-3-4-5-17-6-8-18(9-7-17)10-11-19-12-14-20(16-21)15-13-19/h2-3,17-21H,4-16H2,1H3/b3-2+/t17-,18-,19?,20?. The van der Waals surface area contributed by atoms with Gasteiger partial charge >= 0.3 is 0 Å². The quantitative estimate of drug-likeness (QED) is 0.594. The van der Waals surface area contributed by atoms with Crippen LogP contribution in [0, 0.1) is 23.7 Å². The molecule has 2 aliphatic rings. The lowest BCUT2D eigenvalue weighted by Crippen LogP contribution is -2.19. The zero-order valence-electron chi connectivity index (χ0n) is 14.1. The van der Waals surface area contributed by atoms with E-state index in [1.165, 1.54) is 77.0 Å². The highest BCUT2D eigenvalue weighted by molar-refractivity contribution is 4.81. The van der Waals surface area contributed by atoms with E-state index in [1.807, 2.05) is 0 Å². The summed E-state index contributed by atoms with van der Waals surface area (Å²) >= 11 is 0. The van der Waals surface area contributed by atoms with Crippen LogP contribution < -0.4 is 0 Å². The fraction of sp³-hybridized carbons (Fsp3) is 0.900. The maximum absolute atomic E-state index is 9.21. The summed E-state index contributed by atoms with van der Waals surface area (Å²) < 4.78 is 0. The monoisotopic (exact) mass is 292 g/mol.